The highest BCUT2D eigenvalue weighted by Crippen LogP contribution is 2.45. The number of ether oxygens (including phenoxy) is 2. The molecule has 2 aliphatic heterocycles. The van der Waals surface area contributed by atoms with Crippen molar-refractivity contribution in [1.82, 2.24) is 4.90 Å². The second kappa shape index (κ2) is 11.0. The molecule has 2 unspecified atom stereocenters. The summed E-state index contributed by atoms with van der Waals surface area (Å²) < 4.78 is 11.8. The molecule has 38 heavy (non-hydrogen) atoms. The molecule has 2 fully saturated rings. The molecule has 0 saturated carbocycles. The summed E-state index contributed by atoms with van der Waals surface area (Å²) in [5.41, 5.74) is 4.91. The number of piperidine rings is 2. The third-order valence-electron chi connectivity index (χ3n) is 8.56. The van der Waals surface area contributed by atoms with Gasteiger partial charge >= 0.3 is 6.09 Å². The maximum absolute atomic E-state index is 13.4. The number of amides is 1. The van der Waals surface area contributed by atoms with Crippen LogP contribution in [0.5, 0.6) is 5.75 Å². The van der Waals surface area contributed by atoms with E-state index in [0.717, 1.165) is 44.3 Å². The Hall–Kier alpha value is -3.60. The Morgan fingerprint density at radius 3 is 2.05 bits per heavy atom. The third kappa shape index (κ3) is 4.94. The van der Waals surface area contributed by atoms with E-state index in [1.807, 2.05) is 35.2 Å². The van der Waals surface area contributed by atoms with Crippen LogP contribution in [0.15, 0.2) is 78.9 Å². The number of fused-ring (bicyclic) bond motifs is 5. The van der Waals surface area contributed by atoms with Crippen molar-refractivity contribution >= 4 is 11.9 Å². The van der Waals surface area contributed by atoms with Crippen LogP contribution >= 0.6 is 0 Å². The van der Waals surface area contributed by atoms with Crippen molar-refractivity contribution in [2.24, 2.45) is 5.92 Å². The van der Waals surface area contributed by atoms with Crippen LogP contribution in [0, 0.1) is 5.92 Å². The fraction of sp³-hybridized carbons (Fsp3) is 0.394. The van der Waals surface area contributed by atoms with E-state index in [1.165, 1.54) is 22.3 Å². The van der Waals surface area contributed by atoms with Crippen molar-refractivity contribution in [3.8, 4) is 16.9 Å². The molecule has 2 bridgehead atoms. The lowest BCUT2D eigenvalue weighted by atomic mass is 9.76. The number of hydrogen-bond donors (Lipinski definition) is 0. The molecule has 3 aromatic rings. The molecule has 196 valence electrons. The molecule has 3 aliphatic rings. The summed E-state index contributed by atoms with van der Waals surface area (Å²) in [6.07, 6.45) is 5.52. The normalized spacial score (nSPS) is 21.9. The predicted molar refractivity (Wildman–Crippen MR) is 147 cm³/mol. The lowest BCUT2D eigenvalue weighted by Gasteiger charge is -2.47. The van der Waals surface area contributed by atoms with Crippen LogP contribution in [0.1, 0.15) is 62.0 Å². The van der Waals surface area contributed by atoms with Gasteiger partial charge in [0.25, 0.3) is 0 Å². The molecule has 6 rings (SSSR count). The van der Waals surface area contributed by atoms with Crippen molar-refractivity contribution in [1.29, 1.82) is 0 Å². The number of nitrogens with zero attached hydrogens (tertiary/aromatic N) is 1. The molecule has 2 saturated heterocycles. The first kappa shape index (κ1) is 24.7. The van der Waals surface area contributed by atoms with Crippen molar-refractivity contribution in [3.63, 3.8) is 0 Å². The molecule has 0 N–H and O–H groups in total. The summed E-state index contributed by atoms with van der Waals surface area (Å²) in [6.45, 7) is 0.883. The maximum atomic E-state index is 13.4. The van der Waals surface area contributed by atoms with Gasteiger partial charge in [-0.3, -0.25) is 4.79 Å². The Kier molecular flexibility index (Phi) is 7.17. The van der Waals surface area contributed by atoms with Crippen molar-refractivity contribution in [2.75, 3.05) is 13.2 Å². The van der Waals surface area contributed by atoms with Crippen LogP contribution in [0.3, 0.4) is 0 Å². The van der Waals surface area contributed by atoms with E-state index in [0.29, 0.717) is 25.4 Å². The summed E-state index contributed by atoms with van der Waals surface area (Å²) in [5.74, 6) is 1.24. The highest BCUT2D eigenvalue weighted by Gasteiger charge is 2.43. The van der Waals surface area contributed by atoms with Gasteiger partial charge in [0.15, 0.2) is 0 Å². The minimum atomic E-state index is -0.219. The molecule has 2 heterocycles. The lowest BCUT2D eigenvalue weighted by Crippen LogP contribution is -2.55. The maximum Gasteiger partial charge on any atom is 0.410 e. The molecule has 5 nitrogen and oxygen atoms in total. The largest absolute Gasteiger partial charge is 0.494 e. The van der Waals surface area contributed by atoms with E-state index in [1.54, 1.807) is 0 Å². The standard InChI is InChI=1S/C33H35NO4/c35-32(18-9-19-37-26-12-2-1-3-13-26)23-20-24-10-8-11-25(21-23)34(24)33(36)38-22-31-29-16-6-4-14-27(29)28-15-5-7-17-30(28)31/h1-7,12-17,23-25,31H,8-11,18-22H2. The van der Waals surface area contributed by atoms with Gasteiger partial charge in [0.05, 0.1) is 6.61 Å². The fourth-order valence-corrected chi connectivity index (χ4v) is 6.77. The van der Waals surface area contributed by atoms with E-state index in [2.05, 4.69) is 48.5 Å². The zero-order valence-electron chi connectivity index (χ0n) is 21.8. The molecular formula is C33H35NO4. The van der Waals surface area contributed by atoms with Crippen molar-refractivity contribution in [2.45, 2.75) is 62.9 Å². The topological polar surface area (TPSA) is 55.8 Å². The zero-order valence-corrected chi connectivity index (χ0v) is 21.8. The molecule has 0 spiro atoms. The predicted octanol–water partition coefficient (Wildman–Crippen LogP) is 7.00. The van der Waals surface area contributed by atoms with Crippen molar-refractivity contribution < 1.29 is 19.1 Å². The zero-order chi connectivity index (χ0) is 25.9. The summed E-state index contributed by atoms with van der Waals surface area (Å²) in [6, 6.07) is 26.7. The van der Waals surface area contributed by atoms with Gasteiger partial charge in [0.2, 0.25) is 0 Å². The Morgan fingerprint density at radius 1 is 0.789 bits per heavy atom. The number of ketones is 1. The van der Waals surface area contributed by atoms with Crippen molar-refractivity contribution in [3.05, 3.63) is 90.0 Å². The van der Waals surface area contributed by atoms with Crippen LogP contribution in [0.4, 0.5) is 4.79 Å². The number of rotatable bonds is 8. The summed E-state index contributed by atoms with van der Waals surface area (Å²) in [5, 5.41) is 0. The minimum Gasteiger partial charge on any atom is -0.494 e. The van der Waals surface area contributed by atoms with Crippen LogP contribution in [-0.4, -0.2) is 42.1 Å². The van der Waals surface area contributed by atoms with Crippen LogP contribution in [0.2, 0.25) is 0 Å². The van der Waals surface area contributed by atoms with Crippen LogP contribution < -0.4 is 4.74 Å². The van der Waals surface area contributed by atoms with E-state index in [-0.39, 0.29) is 30.0 Å². The third-order valence-corrected chi connectivity index (χ3v) is 8.56. The van der Waals surface area contributed by atoms with Gasteiger partial charge in [-0.1, -0.05) is 66.7 Å². The average molecular weight is 510 g/mol. The van der Waals surface area contributed by atoms with Gasteiger partial charge in [-0.25, -0.2) is 4.79 Å². The van der Waals surface area contributed by atoms with Crippen LogP contribution in [0.25, 0.3) is 11.1 Å². The number of benzene rings is 3. The smallest absolute Gasteiger partial charge is 0.410 e. The number of hydrogen-bond acceptors (Lipinski definition) is 4. The molecule has 5 heteroatoms. The molecule has 2 atom stereocenters. The first-order chi connectivity index (χ1) is 18.7. The van der Waals surface area contributed by atoms with Gasteiger partial charge < -0.3 is 14.4 Å². The second-order valence-corrected chi connectivity index (χ2v) is 10.8. The van der Waals surface area contributed by atoms with E-state index in [9.17, 15) is 9.59 Å². The highest BCUT2D eigenvalue weighted by molar-refractivity contribution is 5.82. The molecule has 0 aromatic heterocycles. The van der Waals surface area contributed by atoms with Gasteiger partial charge in [-0.2, -0.15) is 0 Å². The Labute approximate surface area is 224 Å². The molecule has 3 aromatic carbocycles. The highest BCUT2D eigenvalue weighted by atomic mass is 16.6. The number of carbonyl (C=O) groups excluding carboxylic acids is 2. The van der Waals surface area contributed by atoms with Gasteiger partial charge in [-0.05, 0) is 72.9 Å². The Bertz CT molecular complexity index is 1230. The molecular weight excluding hydrogens is 474 g/mol. The number of carbonyl (C=O) groups is 2. The summed E-state index contributed by atoms with van der Waals surface area (Å²) >= 11 is 0. The van der Waals surface area contributed by atoms with Gasteiger partial charge in [0, 0.05) is 30.3 Å². The monoisotopic (exact) mass is 509 g/mol. The number of para-hydroxylation sites is 1. The summed E-state index contributed by atoms with van der Waals surface area (Å²) in [4.78, 5) is 28.4. The fourth-order valence-electron chi connectivity index (χ4n) is 6.77. The van der Waals surface area contributed by atoms with E-state index < -0.39 is 0 Å². The minimum absolute atomic E-state index is 0.0275. The SMILES string of the molecule is O=C(CCCOc1ccccc1)C1CC2CCCC(C1)N2C(=O)OCC1c2ccccc2-c2ccccc21. The second-order valence-electron chi connectivity index (χ2n) is 10.8. The number of Topliss-reactive ketones (excluding diaryl/α,β-unsaturated/α-hetero) is 1. The summed E-state index contributed by atoms with van der Waals surface area (Å²) in [7, 11) is 0. The first-order valence-corrected chi connectivity index (χ1v) is 14.0. The Morgan fingerprint density at radius 2 is 1.39 bits per heavy atom. The lowest BCUT2D eigenvalue weighted by molar-refractivity contribution is -0.126. The molecule has 1 amide bonds. The van der Waals surface area contributed by atoms with Gasteiger partial charge in [-0.15, -0.1) is 0 Å². The molecule has 0 radical (unpaired) electrons. The average Bonchev–Trinajstić information content (AvgIpc) is 3.27. The Balaban J connectivity index is 1.04. The van der Waals surface area contributed by atoms with E-state index in [4.69, 9.17) is 9.47 Å². The molecule has 1 aliphatic carbocycles. The van der Waals surface area contributed by atoms with Crippen LogP contribution in [-0.2, 0) is 9.53 Å². The van der Waals surface area contributed by atoms with E-state index >= 15 is 0 Å². The van der Waals surface area contributed by atoms with Gasteiger partial charge in [0.1, 0.15) is 18.1 Å². The first-order valence-electron chi connectivity index (χ1n) is 14.0. The quantitative estimate of drug-likeness (QED) is 0.307.